The van der Waals surface area contributed by atoms with Gasteiger partial charge in [-0.1, -0.05) is 6.07 Å². The summed E-state index contributed by atoms with van der Waals surface area (Å²) in [6, 6.07) is 6.83. The molecule has 1 aromatic carbocycles. The fourth-order valence-electron chi connectivity index (χ4n) is 2.69. The predicted octanol–water partition coefficient (Wildman–Crippen LogP) is 1.95. The number of pyridine rings is 1. The van der Waals surface area contributed by atoms with E-state index in [4.69, 9.17) is 0 Å². The first-order valence-corrected chi connectivity index (χ1v) is 8.68. The third kappa shape index (κ3) is 2.21. The molecule has 0 unspecified atom stereocenters. The number of aromatic amines is 1. The van der Waals surface area contributed by atoms with Crippen LogP contribution >= 0.6 is 0 Å². The molecule has 0 radical (unpaired) electrons. The number of imidazole rings is 1. The van der Waals surface area contributed by atoms with Crippen LogP contribution in [0.2, 0.25) is 0 Å². The first-order chi connectivity index (χ1) is 11.5. The van der Waals surface area contributed by atoms with E-state index in [1.165, 1.54) is 12.5 Å². The Morgan fingerprint density at radius 1 is 1.25 bits per heavy atom. The van der Waals surface area contributed by atoms with Crippen LogP contribution in [0, 0.1) is 6.92 Å². The lowest BCUT2D eigenvalue weighted by Crippen LogP contribution is -2.13. The average Bonchev–Trinajstić information content (AvgIpc) is 3.13. The number of fused-ring (bicyclic) bond motifs is 2. The van der Waals surface area contributed by atoms with Gasteiger partial charge in [-0.3, -0.25) is 9.40 Å². The molecule has 2 N–H and O–H groups in total. The van der Waals surface area contributed by atoms with E-state index in [1.54, 1.807) is 29.9 Å². The molecule has 122 valence electrons. The monoisotopic (exact) mass is 342 g/mol. The van der Waals surface area contributed by atoms with Crippen LogP contribution in [0.25, 0.3) is 22.1 Å². The second-order valence-electron chi connectivity index (χ2n) is 5.46. The molecule has 0 saturated heterocycles. The Morgan fingerprint density at radius 3 is 2.92 bits per heavy atom. The molecule has 3 heterocycles. The summed E-state index contributed by atoms with van der Waals surface area (Å²) in [5.41, 5.74) is 3.10. The quantitative estimate of drug-likeness (QED) is 0.592. The predicted molar refractivity (Wildman–Crippen MR) is 90.1 cm³/mol. The smallest absolute Gasteiger partial charge is 0.263 e. The molecule has 0 spiro atoms. The van der Waals surface area contributed by atoms with Gasteiger partial charge in [-0.05, 0) is 25.1 Å². The number of rotatable bonds is 3. The van der Waals surface area contributed by atoms with Gasteiger partial charge in [0.15, 0.2) is 5.65 Å². The molecule has 4 rings (SSSR count). The van der Waals surface area contributed by atoms with Crippen LogP contribution in [-0.4, -0.2) is 33.2 Å². The van der Waals surface area contributed by atoms with Crippen molar-refractivity contribution in [1.29, 1.82) is 0 Å². The highest BCUT2D eigenvalue weighted by molar-refractivity contribution is 7.92. The lowest BCUT2D eigenvalue weighted by Gasteiger charge is -2.08. The number of para-hydroxylation sites is 1. The van der Waals surface area contributed by atoms with Gasteiger partial charge < -0.3 is 4.98 Å². The second kappa shape index (κ2) is 5.03. The van der Waals surface area contributed by atoms with Gasteiger partial charge in [0.25, 0.3) is 10.0 Å². The van der Waals surface area contributed by atoms with Gasteiger partial charge in [0.2, 0.25) is 0 Å². The molecule has 0 fully saturated rings. The summed E-state index contributed by atoms with van der Waals surface area (Å²) in [7, 11) is -2.01. The lowest BCUT2D eigenvalue weighted by atomic mass is 10.3. The summed E-state index contributed by atoms with van der Waals surface area (Å²) in [5, 5.41) is 4.96. The van der Waals surface area contributed by atoms with E-state index in [0.717, 1.165) is 11.2 Å². The van der Waals surface area contributed by atoms with Crippen molar-refractivity contribution in [2.24, 2.45) is 7.05 Å². The van der Waals surface area contributed by atoms with Crippen molar-refractivity contribution in [2.45, 2.75) is 11.8 Å². The van der Waals surface area contributed by atoms with Crippen molar-refractivity contribution in [3.05, 3.63) is 42.5 Å². The molecule has 0 aliphatic heterocycles. The maximum atomic E-state index is 12.7. The fourth-order valence-corrected chi connectivity index (χ4v) is 3.72. The molecular formula is C15H14N6O2S. The number of sulfonamides is 1. The Balaban J connectivity index is 1.80. The summed E-state index contributed by atoms with van der Waals surface area (Å²) in [6.07, 6.45) is 2.85. The SMILES string of the molecule is Cc1nn(C)c2ncc(S(=O)(=O)Nc3cccc4[nH]cnc34)cc12. The van der Waals surface area contributed by atoms with Crippen molar-refractivity contribution in [1.82, 2.24) is 24.7 Å². The number of hydrogen-bond donors (Lipinski definition) is 2. The fraction of sp³-hybridized carbons (Fsp3) is 0.133. The number of hydrogen-bond acceptors (Lipinski definition) is 5. The van der Waals surface area contributed by atoms with Gasteiger partial charge in [0.05, 0.1) is 23.2 Å². The molecule has 9 heteroatoms. The first-order valence-electron chi connectivity index (χ1n) is 7.20. The number of anilines is 1. The van der Waals surface area contributed by atoms with Gasteiger partial charge in [-0.2, -0.15) is 5.10 Å². The van der Waals surface area contributed by atoms with Gasteiger partial charge in [-0.15, -0.1) is 0 Å². The van der Waals surface area contributed by atoms with Crippen LogP contribution in [0.15, 0.2) is 41.7 Å². The van der Waals surface area contributed by atoms with Gasteiger partial charge in [0.1, 0.15) is 10.4 Å². The van der Waals surface area contributed by atoms with Gasteiger partial charge >= 0.3 is 0 Å². The van der Waals surface area contributed by atoms with E-state index in [-0.39, 0.29) is 4.90 Å². The molecular weight excluding hydrogens is 328 g/mol. The number of benzene rings is 1. The van der Waals surface area contributed by atoms with Crippen molar-refractivity contribution in [3.8, 4) is 0 Å². The molecule has 8 nitrogen and oxygen atoms in total. The van der Waals surface area contributed by atoms with Crippen molar-refractivity contribution in [2.75, 3.05) is 4.72 Å². The maximum Gasteiger partial charge on any atom is 0.263 e. The van der Waals surface area contributed by atoms with Crippen molar-refractivity contribution >= 4 is 37.8 Å². The molecule has 0 bridgehead atoms. The van der Waals surface area contributed by atoms with Crippen molar-refractivity contribution in [3.63, 3.8) is 0 Å². The molecule has 24 heavy (non-hydrogen) atoms. The van der Waals surface area contributed by atoms with Gasteiger partial charge in [-0.25, -0.2) is 18.4 Å². The third-order valence-corrected chi connectivity index (χ3v) is 5.17. The zero-order valence-corrected chi connectivity index (χ0v) is 13.8. The number of nitrogens with zero attached hydrogens (tertiary/aromatic N) is 4. The lowest BCUT2D eigenvalue weighted by molar-refractivity contribution is 0.601. The van der Waals surface area contributed by atoms with E-state index in [2.05, 4.69) is 24.8 Å². The van der Waals surface area contributed by atoms with E-state index in [1.807, 2.05) is 13.0 Å². The minimum Gasteiger partial charge on any atom is -0.345 e. The largest absolute Gasteiger partial charge is 0.345 e. The highest BCUT2D eigenvalue weighted by Gasteiger charge is 2.19. The zero-order chi connectivity index (χ0) is 16.9. The zero-order valence-electron chi connectivity index (χ0n) is 13.0. The molecule has 0 saturated carbocycles. The summed E-state index contributed by atoms with van der Waals surface area (Å²) < 4.78 is 29.6. The molecule has 4 aromatic rings. The van der Waals surface area contributed by atoms with Gasteiger partial charge in [0, 0.05) is 18.6 Å². The van der Waals surface area contributed by atoms with E-state index >= 15 is 0 Å². The minimum absolute atomic E-state index is 0.0821. The Morgan fingerprint density at radius 2 is 2.08 bits per heavy atom. The summed E-state index contributed by atoms with van der Waals surface area (Å²) >= 11 is 0. The summed E-state index contributed by atoms with van der Waals surface area (Å²) in [5.74, 6) is 0. The number of aromatic nitrogens is 5. The number of H-pyrrole nitrogens is 1. The highest BCUT2D eigenvalue weighted by atomic mass is 32.2. The Labute approximate surface area is 137 Å². The number of aryl methyl sites for hydroxylation is 2. The summed E-state index contributed by atoms with van der Waals surface area (Å²) in [4.78, 5) is 11.4. The minimum atomic E-state index is -3.79. The Kier molecular flexibility index (Phi) is 3.07. The number of nitrogens with one attached hydrogen (secondary N) is 2. The average molecular weight is 342 g/mol. The van der Waals surface area contributed by atoms with Crippen LogP contribution in [-0.2, 0) is 17.1 Å². The van der Waals surface area contributed by atoms with Crippen LogP contribution in [0.4, 0.5) is 5.69 Å². The Hall–Kier alpha value is -2.94. The molecule has 0 atom stereocenters. The van der Waals surface area contributed by atoms with E-state index < -0.39 is 10.0 Å². The topological polar surface area (TPSA) is 106 Å². The Bertz CT molecular complexity index is 1180. The van der Waals surface area contributed by atoms with Crippen LogP contribution in [0.1, 0.15) is 5.69 Å². The normalized spacial score (nSPS) is 12.1. The van der Waals surface area contributed by atoms with Crippen molar-refractivity contribution < 1.29 is 8.42 Å². The van der Waals surface area contributed by atoms with Crippen LogP contribution in [0.5, 0.6) is 0 Å². The second-order valence-corrected chi connectivity index (χ2v) is 7.14. The van der Waals surface area contributed by atoms with E-state index in [9.17, 15) is 8.42 Å². The summed E-state index contributed by atoms with van der Waals surface area (Å²) in [6.45, 7) is 1.82. The molecule has 0 amide bonds. The highest BCUT2D eigenvalue weighted by Crippen LogP contribution is 2.25. The first kappa shape index (κ1) is 14.6. The molecule has 0 aliphatic rings. The maximum absolute atomic E-state index is 12.7. The van der Waals surface area contributed by atoms with E-state index in [0.29, 0.717) is 22.2 Å². The third-order valence-electron chi connectivity index (χ3n) is 3.84. The van der Waals surface area contributed by atoms with Crippen LogP contribution in [0.3, 0.4) is 0 Å². The molecule has 0 aliphatic carbocycles. The van der Waals surface area contributed by atoms with Crippen LogP contribution < -0.4 is 4.72 Å². The molecule has 3 aromatic heterocycles. The standard InChI is InChI=1S/C15H14N6O2S/c1-9-11-6-10(7-16-15(11)21(2)19-9)24(22,23)20-13-5-3-4-12-14(13)18-8-17-12/h3-8,20H,1-2H3,(H,17,18).